The van der Waals surface area contributed by atoms with E-state index in [-0.39, 0.29) is 5.69 Å². The molecule has 1 aromatic heterocycles. The minimum absolute atomic E-state index is 0.330. The second-order valence-electron chi connectivity index (χ2n) is 3.02. The Bertz CT molecular complexity index is 518. The van der Waals surface area contributed by atoms with Gasteiger partial charge in [0.15, 0.2) is 0 Å². The standard InChI is InChI=1S/C8H4ClF3N2O4/c1-3-6(7(9)15)4(14(16)17)2-5(13-3)18-8(10,11)12/h2H,1H3. The van der Waals surface area contributed by atoms with Crippen LogP contribution in [0, 0.1) is 17.0 Å². The molecule has 0 fully saturated rings. The fourth-order valence-corrected chi connectivity index (χ4v) is 1.42. The fraction of sp³-hybridized carbons (Fsp3) is 0.250. The van der Waals surface area contributed by atoms with Gasteiger partial charge in [-0.25, -0.2) is 4.98 Å². The molecule has 0 radical (unpaired) electrons. The highest BCUT2D eigenvalue weighted by Crippen LogP contribution is 2.29. The van der Waals surface area contributed by atoms with Gasteiger partial charge in [-0.1, -0.05) is 0 Å². The lowest BCUT2D eigenvalue weighted by molar-refractivity contribution is -0.385. The highest BCUT2D eigenvalue weighted by molar-refractivity contribution is 6.68. The zero-order valence-electron chi connectivity index (χ0n) is 8.62. The Labute approximate surface area is 102 Å². The lowest BCUT2D eigenvalue weighted by Crippen LogP contribution is -2.18. The van der Waals surface area contributed by atoms with Gasteiger partial charge in [0.1, 0.15) is 5.56 Å². The molecule has 0 unspecified atom stereocenters. The molecule has 0 N–H and O–H groups in total. The van der Waals surface area contributed by atoms with E-state index in [0.29, 0.717) is 6.07 Å². The summed E-state index contributed by atoms with van der Waals surface area (Å²) in [6.07, 6.45) is -5.04. The second kappa shape index (κ2) is 4.77. The Morgan fingerprint density at radius 2 is 2.11 bits per heavy atom. The number of carbonyl (C=O) groups excluding carboxylic acids is 1. The van der Waals surface area contributed by atoms with E-state index in [9.17, 15) is 28.1 Å². The number of alkyl halides is 3. The average molecular weight is 285 g/mol. The minimum atomic E-state index is -5.04. The Kier molecular flexibility index (Phi) is 3.75. The number of aryl methyl sites for hydroxylation is 1. The summed E-state index contributed by atoms with van der Waals surface area (Å²) in [6, 6.07) is 0.385. The molecule has 1 heterocycles. The molecule has 1 aromatic rings. The summed E-state index contributed by atoms with van der Waals surface area (Å²) in [6.45, 7) is 1.10. The van der Waals surface area contributed by atoms with E-state index < -0.39 is 33.7 Å². The van der Waals surface area contributed by atoms with Crippen molar-refractivity contribution in [1.29, 1.82) is 0 Å². The number of nitro groups is 1. The van der Waals surface area contributed by atoms with E-state index in [2.05, 4.69) is 9.72 Å². The average Bonchev–Trinajstić information content (AvgIpc) is 2.12. The number of rotatable bonds is 3. The van der Waals surface area contributed by atoms with Crippen LogP contribution in [-0.4, -0.2) is 21.5 Å². The molecule has 0 aliphatic heterocycles. The second-order valence-corrected chi connectivity index (χ2v) is 3.36. The molecule has 0 saturated heterocycles. The van der Waals surface area contributed by atoms with E-state index in [1.54, 1.807) is 0 Å². The number of hydrogen-bond donors (Lipinski definition) is 0. The summed E-state index contributed by atoms with van der Waals surface area (Å²) in [5, 5.41) is 9.44. The van der Waals surface area contributed by atoms with Crippen molar-refractivity contribution in [2.24, 2.45) is 0 Å². The van der Waals surface area contributed by atoms with Crippen LogP contribution in [0.5, 0.6) is 5.88 Å². The Hall–Kier alpha value is -1.90. The lowest BCUT2D eigenvalue weighted by Gasteiger charge is -2.09. The van der Waals surface area contributed by atoms with E-state index in [1.807, 2.05) is 0 Å². The first-order chi connectivity index (χ1) is 8.11. The van der Waals surface area contributed by atoms with Gasteiger partial charge in [0.2, 0.25) is 5.88 Å². The highest BCUT2D eigenvalue weighted by atomic mass is 35.5. The van der Waals surface area contributed by atoms with Crippen LogP contribution in [0.15, 0.2) is 6.07 Å². The lowest BCUT2D eigenvalue weighted by atomic mass is 10.2. The van der Waals surface area contributed by atoms with Gasteiger partial charge in [-0.05, 0) is 18.5 Å². The van der Waals surface area contributed by atoms with Crippen LogP contribution in [0.2, 0.25) is 0 Å². The molecule has 6 nitrogen and oxygen atoms in total. The van der Waals surface area contributed by atoms with Crippen LogP contribution in [0.25, 0.3) is 0 Å². The maximum atomic E-state index is 11.9. The van der Waals surface area contributed by atoms with Gasteiger partial charge >= 0.3 is 6.36 Å². The number of carbonyl (C=O) groups is 1. The van der Waals surface area contributed by atoms with Gasteiger partial charge in [-0.2, -0.15) is 0 Å². The quantitative estimate of drug-likeness (QED) is 0.484. The summed E-state index contributed by atoms with van der Waals surface area (Å²) < 4.78 is 39.3. The van der Waals surface area contributed by atoms with E-state index in [4.69, 9.17) is 11.6 Å². The van der Waals surface area contributed by atoms with Crippen LogP contribution in [0.3, 0.4) is 0 Å². The van der Waals surface area contributed by atoms with Crippen LogP contribution in [0.4, 0.5) is 18.9 Å². The first-order valence-corrected chi connectivity index (χ1v) is 4.61. The summed E-state index contributed by atoms with van der Waals surface area (Å²) in [5.41, 5.74) is -1.80. The number of aromatic nitrogens is 1. The Morgan fingerprint density at radius 1 is 1.56 bits per heavy atom. The highest BCUT2D eigenvalue weighted by Gasteiger charge is 2.34. The molecule has 1 rings (SSSR count). The van der Waals surface area contributed by atoms with Gasteiger partial charge < -0.3 is 4.74 Å². The van der Waals surface area contributed by atoms with Crippen molar-refractivity contribution in [3.05, 3.63) is 27.4 Å². The van der Waals surface area contributed by atoms with Crippen LogP contribution in [-0.2, 0) is 0 Å². The van der Waals surface area contributed by atoms with Crippen LogP contribution >= 0.6 is 11.6 Å². The molecule has 0 atom stereocenters. The SMILES string of the molecule is Cc1nc(OC(F)(F)F)cc([N+](=O)[O-])c1C(=O)Cl. The van der Waals surface area contributed by atoms with E-state index >= 15 is 0 Å². The molecule has 0 aromatic carbocycles. The molecule has 0 amide bonds. The van der Waals surface area contributed by atoms with Gasteiger partial charge in [0.05, 0.1) is 16.7 Å². The van der Waals surface area contributed by atoms with Crippen molar-refractivity contribution >= 4 is 22.5 Å². The van der Waals surface area contributed by atoms with Gasteiger partial charge in [-0.15, -0.1) is 13.2 Å². The van der Waals surface area contributed by atoms with Crippen LogP contribution in [0.1, 0.15) is 16.1 Å². The molecular formula is C8H4ClF3N2O4. The largest absolute Gasteiger partial charge is 0.574 e. The van der Waals surface area contributed by atoms with E-state index in [1.165, 1.54) is 0 Å². The summed E-state index contributed by atoms with van der Waals surface area (Å²) in [4.78, 5) is 23.8. The maximum Gasteiger partial charge on any atom is 0.574 e. The van der Waals surface area contributed by atoms with Crippen molar-refractivity contribution in [3.8, 4) is 5.88 Å². The van der Waals surface area contributed by atoms with Crippen molar-refractivity contribution in [1.82, 2.24) is 4.98 Å². The van der Waals surface area contributed by atoms with Crippen molar-refractivity contribution in [2.75, 3.05) is 0 Å². The molecule has 0 spiro atoms. The van der Waals surface area contributed by atoms with Gasteiger partial charge in [0.25, 0.3) is 10.9 Å². The first kappa shape index (κ1) is 14.2. The maximum absolute atomic E-state index is 11.9. The summed E-state index contributed by atoms with van der Waals surface area (Å²) in [5.74, 6) is -1.03. The topological polar surface area (TPSA) is 82.3 Å². The van der Waals surface area contributed by atoms with Gasteiger partial charge in [0, 0.05) is 0 Å². The molecule has 10 heteroatoms. The minimum Gasteiger partial charge on any atom is -0.388 e. The summed E-state index contributed by atoms with van der Waals surface area (Å²) >= 11 is 5.10. The Balaban J connectivity index is 3.37. The molecular weight excluding hydrogens is 281 g/mol. The summed E-state index contributed by atoms with van der Waals surface area (Å²) in [7, 11) is 0. The predicted molar refractivity (Wildman–Crippen MR) is 52.5 cm³/mol. The normalized spacial score (nSPS) is 11.2. The monoisotopic (exact) mass is 284 g/mol. The molecule has 0 aliphatic carbocycles. The first-order valence-electron chi connectivity index (χ1n) is 4.23. The third-order valence-corrected chi connectivity index (χ3v) is 1.96. The van der Waals surface area contributed by atoms with Gasteiger partial charge in [-0.3, -0.25) is 14.9 Å². The Morgan fingerprint density at radius 3 is 2.50 bits per heavy atom. The molecule has 98 valence electrons. The predicted octanol–water partition coefficient (Wildman–Crippen LogP) is 2.58. The number of hydrogen-bond acceptors (Lipinski definition) is 5. The fourth-order valence-electron chi connectivity index (χ4n) is 1.19. The molecule has 0 aliphatic rings. The molecule has 18 heavy (non-hydrogen) atoms. The number of ether oxygens (including phenoxy) is 1. The zero-order chi connectivity index (χ0) is 14.1. The van der Waals surface area contributed by atoms with Crippen molar-refractivity contribution in [2.45, 2.75) is 13.3 Å². The third-order valence-electron chi connectivity index (χ3n) is 1.77. The number of nitrogens with zero attached hydrogens (tertiary/aromatic N) is 2. The molecule has 0 saturated carbocycles. The van der Waals surface area contributed by atoms with Crippen molar-refractivity contribution < 1.29 is 27.6 Å². The third kappa shape index (κ3) is 3.29. The number of halogens is 4. The van der Waals surface area contributed by atoms with Crippen LogP contribution < -0.4 is 4.74 Å². The van der Waals surface area contributed by atoms with Crippen molar-refractivity contribution in [3.63, 3.8) is 0 Å². The molecule has 0 bridgehead atoms. The zero-order valence-corrected chi connectivity index (χ0v) is 9.37. The van der Waals surface area contributed by atoms with E-state index in [0.717, 1.165) is 6.92 Å². The smallest absolute Gasteiger partial charge is 0.388 e. The number of pyridine rings is 1.